The highest BCUT2D eigenvalue weighted by Gasteiger charge is 2.06. The number of hydrogen-bond donors (Lipinski definition) is 1. The molecule has 0 amide bonds. The molecule has 0 fully saturated rings. The molecular formula is C14H23N. The van der Waals surface area contributed by atoms with Gasteiger partial charge in [-0.1, -0.05) is 43.2 Å². The molecule has 0 unspecified atom stereocenters. The molecule has 1 aromatic rings. The lowest BCUT2D eigenvalue weighted by Gasteiger charge is -2.17. The minimum atomic E-state index is 0.450. The van der Waals surface area contributed by atoms with E-state index in [-0.39, 0.29) is 0 Å². The van der Waals surface area contributed by atoms with E-state index in [1.807, 2.05) is 0 Å². The Morgan fingerprint density at radius 1 is 1.00 bits per heavy atom. The normalized spacial score (nSPS) is 13.2. The fourth-order valence-electron chi connectivity index (χ4n) is 1.79. The van der Waals surface area contributed by atoms with Crippen molar-refractivity contribution in [2.45, 2.75) is 40.7 Å². The van der Waals surface area contributed by atoms with E-state index in [9.17, 15) is 0 Å². The van der Waals surface area contributed by atoms with Crippen LogP contribution in [0.25, 0.3) is 0 Å². The summed E-state index contributed by atoms with van der Waals surface area (Å²) in [5.74, 6) is 0.707. The Bertz CT molecular complexity index is 295. The summed E-state index contributed by atoms with van der Waals surface area (Å²) in [6.45, 7) is 12.1. The number of rotatable bonds is 4. The van der Waals surface area contributed by atoms with Crippen molar-refractivity contribution in [3.8, 4) is 0 Å². The maximum absolute atomic E-state index is 3.55. The highest BCUT2D eigenvalue weighted by atomic mass is 14.9. The fourth-order valence-corrected chi connectivity index (χ4v) is 1.79. The Morgan fingerprint density at radius 2 is 1.53 bits per heavy atom. The first-order valence-corrected chi connectivity index (χ1v) is 5.80. The van der Waals surface area contributed by atoms with Gasteiger partial charge in [0.25, 0.3) is 0 Å². The van der Waals surface area contributed by atoms with Crippen molar-refractivity contribution in [3.63, 3.8) is 0 Å². The van der Waals surface area contributed by atoms with Crippen LogP contribution in [0, 0.1) is 19.8 Å². The third-order valence-corrected chi connectivity index (χ3v) is 2.58. The zero-order valence-electron chi connectivity index (χ0n) is 10.6. The molecule has 0 radical (unpaired) electrons. The average Bonchev–Trinajstić information content (AvgIpc) is 2.12. The molecule has 0 aliphatic heterocycles. The van der Waals surface area contributed by atoms with E-state index in [2.05, 4.69) is 58.1 Å². The highest BCUT2D eigenvalue weighted by Crippen LogP contribution is 2.16. The molecule has 0 saturated heterocycles. The summed E-state index contributed by atoms with van der Waals surface area (Å²) in [6.07, 6.45) is 0. The van der Waals surface area contributed by atoms with Crippen molar-refractivity contribution in [1.29, 1.82) is 0 Å². The number of benzene rings is 1. The second-order valence-electron chi connectivity index (χ2n) is 4.94. The van der Waals surface area contributed by atoms with Crippen LogP contribution < -0.4 is 5.32 Å². The van der Waals surface area contributed by atoms with Gasteiger partial charge in [0.15, 0.2) is 0 Å². The topological polar surface area (TPSA) is 12.0 Å². The standard InChI is InChI=1S/C14H23N/c1-10(2)9-15-13(5)14-7-11(3)6-12(4)8-14/h6-8,10,13,15H,9H2,1-5H3/t13-/m0/s1. The third kappa shape index (κ3) is 4.05. The summed E-state index contributed by atoms with van der Waals surface area (Å²) in [5, 5.41) is 3.55. The van der Waals surface area contributed by atoms with Crippen molar-refractivity contribution in [2.24, 2.45) is 5.92 Å². The van der Waals surface area contributed by atoms with Crippen molar-refractivity contribution in [3.05, 3.63) is 34.9 Å². The van der Waals surface area contributed by atoms with E-state index in [1.165, 1.54) is 16.7 Å². The summed E-state index contributed by atoms with van der Waals surface area (Å²) in [6, 6.07) is 7.21. The van der Waals surface area contributed by atoms with Crippen molar-refractivity contribution >= 4 is 0 Å². The van der Waals surface area contributed by atoms with Gasteiger partial charge >= 0.3 is 0 Å². The SMILES string of the molecule is Cc1cc(C)cc([C@H](C)NCC(C)C)c1. The van der Waals surface area contributed by atoms with Gasteiger partial charge in [-0.25, -0.2) is 0 Å². The molecule has 0 aromatic heterocycles. The van der Waals surface area contributed by atoms with Gasteiger partial charge in [-0.05, 0) is 38.8 Å². The van der Waals surface area contributed by atoms with Gasteiger partial charge in [-0.2, -0.15) is 0 Å². The van der Waals surface area contributed by atoms with Crippen molar-refractivity contribution in [1.82, 2.24) is 5.32 Å². The van der Waals surface area contributed by atoms with Crippen LogP contribution in [-0.2, 0) is 0 Å². The van der Waals surface area contributed by atoms with Gasteiger partial charge in [0.2, 0.25) is 0 Å². The Kier molecular flexibility index (Phi) is 4.34. The number of hydrogen-bond acceptors (Lipinski definition) is 1. The summed E-state index contributed by atoms with van der Waals surface area (Å²) in [5.41, 5.74) is 4.10. The van der Waals surface area contributed by atoms with Crippen LogP contribution in [0.4, 0.5) is 0 Å². The van der Waals surface area contributed by atoms with Crippen LogP contribution >= 0.6 is 0 Å². The molecule has 15 heavy (non-hydrogen) atoms. The van der Waals surface area contributed by atoms with Gasteiger partial charge in [0.05, 0.1) is 0 Å². The van der Waals surface area contributed by atoms with Gasteiger partial charge in [-0.3, -0.25) is 0 Å². The maximum atomic E-state index is 3.55. The maximum Gasteiger partial charge on any atom is 0.0292 e. The van der Waals surface area contributed by atoms with Gasteiger partial charge in [0.1, 0.15) is 0 Å². The minimum Gasteiger partial charge on any atom is -0.310 e. The van der Waals surface area contributed by atoms with E-state index >= 15 is 0 Å². The molecular weight excluding hydrogens is 182 g/mol. The first kappa shape index (κ1) is 12.3. The Hall–Kier alpha value is -0.820. The smallest absolute Gasteiger partial charge is 0.0292 e. The van der Waals surface area contributed by atoms with Crippen molar-refractivity contribution < 1.29 is 0 Å². The van der Waals surface area contributed by atoms with E-state index in [0.29, 0.717) is 12.0 Å². The summed E-state index contributed by atoms with van der Waals surface area (Å²) >= 11 is 0. The summed E-state index contributed by atoms with van der Waals surface area (Å²) < 4.78 is 0. The zero-order valence-corrected chi connectivity index (χ0v) is 10.6. The van der Waals surface area contributed by atoms with Crippen molar-refractivity contribution in [2.75, 3.05) is 6.54 Å². The number of aryl methyl sites for hydroxylation is 2. The van der Waals surface area contributed by atoms with Crippen LogP contribution in [-0.4, -0.2) is 6.54 Å². The third-order valence-electron chi connectivity index (χ3n) is 2.58. The van der Waals surface area contributed by atoms with Gasteiger partial charge in [0, 0.05) is 6.04 Å². The monoisotopic (exact) mass is 205 g/mol. The highest BCUT2D eigenvalue weighted by molar-refractivity contribution is 5.30. The molecule has 0 saturated carbocycles. The zero-order chi connectivity index (χ0) is 11.4. The van der Waals surface area contributed by atoms with Gasteiger partial charge in [-0.15, -0.1) is 0 Å². The molecule has 1 nitrogen and oxygen atoms in total. The van der Waals surface area contributed by atoms with Crippen LogP contribution in [0.5, 0.6) is 0 Å². The van der Waals surface area contributed by atoms with Gasteiger partial charge < -0.3 is 5.32 Å². The van der Waals surface area contributed by atoms with Crippen LogP contribution in [0.3, 0.4) is 0 Å². The lowest BCUT2D eigenvalue weighted by molar-refractivity contribution is 0.496. The molecule has 0 aliphatic rings. The quantitative estimate of drug-likeness (QED) is 0.791. The van der Waals surface area contributed by atoms with E-state index < -0.39 is 0 Å². The first-order chi connectivity index (χ1) is 6.99. The largest absolute Gasteiger partial charge is 0.310 e. The Morgan fingerprint density at radius 3 is 2.00 bits per heavy atom. The predicted octanol–water partition coefficient (Wildman–Crippen LogP) is 3.61. The van der Waals surface area contributed by atoms with Crippen LogP contribution in [0.1, 0.15) is 43.5 Å². The molecule has 1 N–H and O–H groups in total. The molecule has 1 rings (SSSR count). The first-order valence-electron chi connectivity index (χ1n) is 5.80. The molecule has 1 heteroatoms. The van der Waals surface area contributed by atoms with E-state index in [1.54, 1.807) is 0 Å². The lowest BCUT2D eigenvalue weighted by atomic mass is 10.0. The summed E-state index contributed by atoms with van der Waals surface area (Å²) in [4.78, 5) is 0. The molecule has 1 aromatic carbocycles. The summed E-state index contributed by atoms with van der Waals surface area (Å²) in [7, 11) is 0. The average molecular weight is 205 g/mol. The molecule has 0 heterocycles. The number of nitrogens with one attached hydrogen (secondary N) is 1. The van der Waals surface area contributed by atoms with Crippen LogP contribution in [0.15, 0.2) is 18.2 Å². The molecule has 0 aliphatic carbocycles. The Balaban J connectivity index is 2.68. The second kappa shape index (κ2) is 5.32. The van der Waals surface area contributed by atoms with Crippen LogP contribution in [0.2, 0.25) is 0 Å². The predicted molar refractivity (Wildman–Crippen MR) is 67.2 cm³/mol. The Labute approximate surface area is 93.9 Å². The molecule has 0 spiro atoms. The minimum absolute atomic E-state index is 0.450. The second-order valence-corrected chi connectivity index (χ2v) is 4.94. The molecule has 0 bridgehead atoms. The fraction of sp³-hybridized carbons (Fsp3) is 0.571. The molecule has 1 atom stereocenters. The van der Waals surface area contributed by atoms with E-state index in [4.69, 9.17) is 0 Å². The lowest BCUT2D eigenvalue weighted by Crippen LogP contribution is -2.23. The van der Waals surface area contributed by atoms with E-state index in [0.717, 1.165) is 6.54 Å². The molecule has 84 valence electrons.